The first kappa shape index (κ1) is 24.2. The Balaban J connectivity index is 0.000000516. The van der Waals surface area contributed by atoms with Gasteiger partial charge in [0.25, 0.3) is 5.91 Å². The molecule has 160 valence electrons. The normalized spacial score (nSPS) is 10.8. The van der Waals surface area contributed by atoms with Gasteiger partial charge < -0.3 is 15.7 Å². The number of amides is 1. The summed E-state index contributed by atoms with van der Waals surface area (Å²) >= 11 is 1.14. The average Bonchev–Trinajstić information content (AvgIpc) is 2.98. The number of carbonyl (C=O) groups excluding carboxylic acids is 1. The van der Waals surface area contributed by atoms with Gasteiger partial charge in [0, 0.05) is 18.7 Å². The molecule has 1 aromatic heterocycles. The van der Waals surface area contributed by atoms with Gasteiger partial charge in [-0.05, 0) is 26.0 Å². The number of anilines is 1. The van der Waals surface area contributed by atoms with Crippen LogP contribution in [-0.2, 0) is 11.3 Å². The summed E-state index contributed by atoms with van der Waals surface area (Å²) in [6.45, 7) is 3.78. The first-order valence-electron chi connectivity index (χ1n) is 7.80. The van der Waals surface area contributed by atoms with Gasteiger partial charge in [-0.3, -0.25) is 4.79 Å². The van der Waals surface area contributed by atoms with Crippen LogP contribution in [0.25, 0.3) is 0 Å². The van der Waals surface area contributed by atoms with Crippen molar-refractivity contribution in [3.8, 4) is 0 Å². The van der Waals surface area contributed by atoms with Crippen LogP contribution in [0.4, 0.5) is 31.5 Å². The number of hydrogen-bond donors (Lipinski definition) is 3. The maximum Gasteiger partial charge on any atom is 0.490 e. The van der Waals surface area contributed by atoms with E-state index in [4.69, 9.17) is 9.90 Å². The maximum atomic E-state index is 13.5. The van der Waals surface area contributed by atoms with Crippen molar-refractivity contribution in [2.24, 2.45) is 0 Å². The van der Waals surface area contributed by atoms with Gasteiger partial charge in [-0.2, -0.15) is 13.2 Å². The number of carboxylic acids is 1. The molecule has 3 N–H and O–H groups in total. The van der Waals surface area contributed by atoms with Gasteiger partial charge >= 0.3 is 12.1 Å². The molecule has 1 aromatic carbocycles. The van der Waals surface area contributed by atoms with Gasteiger partial charge in [0.2, 0.25) is 0 Å². The summed E-state index contributed by atoms with van der Waals surface area (Å²) in [5.41, 5.74) is 0.000983. The van der Waals surface area contributed by atoms with E-state index in [1.807, 2.05) is 6.92 Å². The minimum atomic E-state index is -5.08. The second-order valence-electron chi connectivity index (χ2n) is 5.27. The Hall–Kier alpha value is -2.83. The number of carbonyl (C=O) groups is 2. The quantitative estimate of drug-likeness (QED) is 0.482. The molecule has 0 saturated carbocycles. The molecule has 0 fully saturated rings. The molecule has 2 aromatic rings. The van der Waals surface area contributed by atoms with E-state index in [0.717, 1.165) is 17.4 Å². The molecule has 0 saturated heterocycles. The lowest BCUT2D eigenvalue weighted by molar-refractivity contribution is -0.192. The first-order valence-corrected chi connectivity index (χ1v) is 8.62. The molecule has 0 aliphatic rings. The molecule has 0 unspecified atom stereocenters. The summed E-state index contributed by atoms with van der Waals surface area (Å²) in [4.78, 5) is 25.5. The van der Waals surface area contributed by atoms with Crippen molar-refractivity contribution in [1.82, 2.24) is 10.3 Å². The summed E-state index contributed by atoms with van der Waals surface area (Å²) in [6, 6.07) is 1.52. The smallest absolute Gasteiger partial charge is 0.475 e. The minimum Gasteiger partial charge on any atom is -0.475 e. The second kappa shape index (κ2) is 10.1. The van der Waals surface area contributed by atoms with E-state index in [1.165, 1.54) is 0 Å². The fourth-order valence-electron chi connectivity index (χ4n) is 1.81. The molecule has 0 aliphatic heterocycles. The van der Waals surface area contributed by atoms with Crippen LogP contribution in [0.2, 0.25) is 0 Å². The topological polar surface area (TPSA) is 91.3 Å². The van der Waals surface area contributed by atoms with Gasteiger partial charge in [-0.1, -0.05) is 11.3 Å². The van der Waals surface area contributed by atoms with Crippen LogP contribution < -0.4 is 10.6 Å². The number of aryl methyl sites for hydroxylation is 1. The van der Waals surface area contributed by atoms with E-state index in [1.54, 1.807) is 6.92 Å². The highest BCUT2D eigenvalue weighted by atomic mass is 32.1. The molecule has 1 amide bonds. The van der Waals surface area contributed by atoms with Crippen molar-refractivity contribution < 1.29 is 41.0 Å². The molecular weight excluding hydrogens is 428 g/mol. The molecule has 1 heterocycles. The van der Waals surface area contributed by atoms with Crippen LogP contribution >= 0.6 is 11.3 Å². The maximum absolute atomic E-state index is 13.5. The van der Waals surface area contributed by atoms with Gasteiger partial charge in [0.1, 0.15) is 10.7 Å². The van der Waals surface area contributed by atoms with E-state index in [-0.39, 0.29) is 0 Å². The van der Waals surface area contributed by atoms with Crippen molar-refractivity contribution in [1.29, 1.82) is 0 Å². The molecule has 2 rings (SSSR count). The standard InChI is InChI=1S/C14H14F3N3OS.C2HF3O2/c1-3-18-14-20-7(2)12(22-14)13(21)19-6-8-9(15)4-5-10(16)11(8)17;3-2(4,5)1(6)7/h4-5H,3,6H2,1-2H3,(H,18,20)(H,19,21);(H,6,7). The van der Waals surface area contributed by atoms with Crippen molar-refractivity contribution in [2.75, 3.05) is 11.9 Å². The van der Waals surface area contributed by atoms with Crippen molar-refractivity contribution in [3.05, 3.63) is 45.7 Å². The third-order valence-corrected chi connectivity index (χ3v) is 4.25. The molecule has 13 heteroatoms. The predicted octanol–water partition coefficient (Wildman–Crippen LogP) is 3.86. The molecule has 0 spiro atoms. The number of hydrogen-bond acceptors (Lipinski definition) is 5. The lowest BCUT2D eigenvalue weighted by Gasteiger charge is -2.07. The summed E-state index contributed by atoms with van der Waals surface area (Å²) in [6.07, 6.45) is -5.08. The highest BCUT2D eigenvalue weighted by Crippen LogP contribution is 2.22. The summed E-state index contributed by atoms with van der Waals surface area (Å²) in [5, 5.41) is 13.1. The van der Waals surface area contributed by atoms with Crippen LogP contribution in [0.15, 0.2) is 12.1 Å². The van der Waals surface area contributed by atoms with Gasteiger partial charge in [0.05, 0.1) is 5.69 Å². The van der Waals surface area contributed by atoms with E-state index >= 15 is 0 Å². The van der Waals surface area contributed by atoms with Crippen LogP contribution in [0.3, 0.4) is 0 Å². The Bertz CT molecular complexity index is 886. The van der Waals surface area contributed by atoms with Crippen LogP contribution in [0, 0.1) is 24.4 Å². The average molecular weight is 443 g/mol. The largest absolute Gasteiger partial charge is 0.490 e. The number of carboxylic acid groups (broad SMARTS) is 1. The highest BCUT2D eigenvalue weighted by molar-refractivity contribution is 7.17. The van der Waals surface area contributed by atoms with Crippen molar-refractivity contribution in [3.63, 3.8) is 0 Å². The number of benzene rings is 1. The number of nitrogens with one attached hydrogen (secondary N) is 2. The van der Waals surface area contributed by atoms with Crippen molar-refractivity contribution in [2.45, 2.75) is 26.6 Å². The Morgan fingerprint density at radius 1 is 1.17 bits per heavy atom. The highest BCUT2D eigenvalue weighted by Gasteiger charge is 2.38. The Labute approximate surface area is 164 Å². The van der Waals surface area contributed by atoms with Gasteiger partial charge in [0.15, 0.2) is 16.8 Å². The fraction of sp³-hybridized carbons (Fsp3) is 0.312. The van der Waals surface area contributed by atoms with Gasteiger partial charge in [-0.15, -0.1) is 0 Å². The summed E-state index contributed by atoms with van der Waals surface area (Å²) < 4.78 is 71.8. The molecule has 0 atom stereocenters. The molecule has 0 radical (unpaired) electrons. The molecule has 0 aliphatic carbocycles. The fourth-order valence-corrected chi connectivity index (χ4v) is 2.76. The predicted molar refractivity (Wildman–Crippen MR) is 92.2 cm³/mol. The molecule has 29 heavy (non-hydrogen) atoms. The summed E-state index contributed by atoms with van der Waals surface area (Å²) in [5.74, 6) is -6.63. The Morgan fingerprint density at radius 2 is 1.72 bits per heavy atom. The van der Waals surface area contributed by atoms with E-state index < -0.39 is 47.6 Å². The van der Waals surface area contributed by atoms with Crippen LogP contribution in [-0.4, -0.2) is 34.7 Å². The zero-order valence-electron chi connectivity index (χ0n) is 15.0. The number of nitrogens with zero attached hydrogens (tertiary/aromatic N) is 1. The third kappa shape index (κ3) is 6.93. The summed E-state index contributed by atoms with van der Waals surface area (Å²) in [7, 11) is 0. The number of aromatic nitrogens is 1. The van der Waals surface area contributed by atoms with Gasteiger partial charge in [-0.25, -0.2) is 22.9 Å². The lowest BCUT2D eigenvalue weighted by atomic mass is 10.2. The number of aliphatic carboxylic acids is 1. The minimum absolute atomic E-state index is 0.341. The number of alkyl halides is 3. The SMILES string of the molecule is CCNc1nc(C)c(C(=O)NCc2c(F)ccc(F)c2F)s1.O=C(O)C(F)(F)F. The number of halogens is 6. The third-order valence-electron chi connectivity index (χ3n) is 3.14. The molecule has 6 nitrogen and oxygen atoms in total. The van der Waals surface area contributed by atoms with Crippen LogP contribution in [0.1, 0.15) is 27.9 Å². The Kier molecular flexibility index (Phi) is 8.42. The first-order chi connectivity index (χ1) is 13.4. The van der Waals surface area contributed by atoms with E-state index in [2.05, 4.69) is 15.6 Å². The van der Waals surface area contributed by atoms with E-state index in [0.29, 0.717) is 28.3 Å². The van der Waals surface area contributed by atoms with Crippen LogP contribution in [0.5, 0.6) is 0 Å². The zero-order valence-corrected chi connectivity index (χ0v) is 15.8. The second-order valence-corrected chi connectivity index (χ2v) is 6.27. The monoisotopic (exact) mass is 443 g/mol. The number of rotatable bonds is 5. The number of thiazole rings is 1. The molecular formula is C16H15F6N3O3S. The van der Waals surface area contributed by atoms with E-state index in [9.17, 15) is 31.1 Å². The lowest BCUT2D eigenvalue weighted by Crippen LogP contribution is -2.24. The Morgan fingerprint density at radius 3 is 2.24 bits per heavy atom. The molecule has 0 bridgehead atoms. The zero-order chi connectivity index (χ0) is 22.4. The van der Waals surface area contributed by atoms with Crippen molar-refractivity contribution >= 4 is 28.3 Å².